The molecule has 32 heavy (non-hydrogen) atoms. The Labute approximate surface area is 187 Å². The zero-order chi connectivity index (χ0) is 23.0. The maximum absolute atomic E-state index is 14.6. The number of aliphatic hydroxyl groups excluding tert-OH is 1. The third-order valence-electron chi connectivity index (χ3n) is 5.17. The highest BCUT2D eigenvalue weighted by molar-refractivity contribution is 7.10. The first-order chi connectivity index (χ1) is 15.3. The van der Waals surface area contributed by atoms with Crippen molar-refractivity contribution in [2.75, 3.05) is 11.5 Å². The number of anilines is 1. The second-order valence-electron chi connectivity index (χ2n) is 7.19. The number of amides is 1. The van der Waals surface area contributed by atoms with Gasteiger partial charge in [-0.15, -0.1) is 11.3 Å². The number of hydrogen-bond acceptors (Lipinski definition) is 5. The van der Waals surface area contributed by atoms with E-state index in [9.17, 15) is 23.5 Å². The molecule has 164 valence electrons. The molecule has 1 amide bonds. The number of rotatable bonds is 5. The van der Waals surface area contributed by atoms with E-state index in [0.29, 0.717) is 22.8 Å². The highest BCUT2D eigenvalue weighted by atomic mass is 32.1. The van der Waals surface area contributed by atoms with Crippen LogP contribution >= 0.6 is 11.3 Å². The number of benzene rings is 2. The lowest BCUT2D eigenvalue weighted by atomic mass is 9.98. The van der Waals surface area contributed by atoms with Gasteiger partial charge in [0.25, 0.3) is 11.7 Å². The van der Waals surface area contributed by atoms with Crippen molar-refractivity contribution < 1.29 is 28.2 Å². The minimum Gasteiger partial charge on any atom is -0.507 e. The summed E-state index contributed by atoms with van der Waals surface area (Å²) < 4.78 is 34.0. The van der Waals surface area contributed by atoms with E-state index in [-0.39, 0.29) is 11.3 Å². The molecule has 0 bridgehead atoms. The molecule has 2 heterocycles. The van der Waals surface area contributed by atoms with Crippen molar-refractivity contribution in [1.82, 2.24) is 0 Å². The smallest absolute Gasteiger partial charge is 0.300 e. The molecule has 0 aliphatic carbocycles. The summed E-state index contributed by atoms with van der Waals surface area (Å²) in [5, 5.41) is 12.8. The molecule has 0 radical (unpaired) electrons. The quantitative estimate of drug-likeness (QED) is 0.320. The van der Waals surface area contributed by atoms with Crippen molar-refractivity contribution in [3.05, 3.63) is 87.1 Å². The van der Waals surface area contributed by atoms with Crippen LogP contribution in [0.2, 0.25) is 0 Å². The minimum absolute atomic E-state index is 0.190. The Morgan fingerprint density at radius 3 is 2.59 bits per heavy atom. The molecule has 1 atom stereocenters. The van der Waals surface area contributed by atoms with Gasteiger partial charge in [0.15, 0.2) is 0 Å². The zero-order valence-electron chi connectivity index (χ0n) is 17.3. The lowest BCUT2D eigenvalue weighted by Gasteiger charge is -2.24. The highest BCUT2D eigenvalue weighted by Gasteiger charge is 2.48. The summed E-state index contributed by atoms with van der Waals surface area (Å²) in [4.78, 5) is 27.4. The first-order valence-corrected chi connectivity index (χ1v) is 10.7. The Balaban J connectivity index is 1.91. The monoisotopic (exact) mass is 455 g/mol. The Hall–Kier alpha value is -3.52. The summed E-state index contributed by atoms with van der Waals surface area (Å²) in [6.07, 6.45) is 0. The van der Waals surface area contributed by atoms with Crippen LogP contribution in [0.15, 0.2) is 59.5 Å². The van der Waals surface area contributed by atoms with E-state index >= 15 is 0 Å². The minimum atomic E-state index is -1.10. The Morgan fingerprint density at radius 2 is 1.94 bits per heavy atom. The molecule has 8 heteroatoms. The van der Waals surface area contributed by atoms with Crippen molar-refractivity contribution in [1.29, 1.82) is 0 Å². The van der Waals surface area contributed by atoms with Crippen LogP contribution in [0.1, 0.15) is 29.0 Å². The maximum Gasteiger partial charge on any atom is 0.300 e. The van der Waals surface area contributed by atoms with Gasteiger partial charge in [0.1, 0.15) is 29.2 Å². The van der Waals surface area contributed by atoms with E-state index in [0.717, 1.165) is 28.7 Å². The number of hydrogen-bond donors (Lipinski definition) is 1. The van der Waals surface area contributed by atoms with Crippen molar-refractivity contribution in [2.45, 2.75) is 19.9 Å². The number of ether oxygens (including phenoxy) is 1. The Kier molecular flexibility index (Phi) is 5.80. The van der Waals surface area contributed by atoms with Gasteiger partial charge in [-0.05, 0) is 61.2 Å². The molecule has 1 N–H and O–H groups in total. The third-order valence-corrected chi connectivity index (χ3v) is 6.10. The predicted molar refractivity (Wildman–Crippen MR) is 118 cm³/mol. The number of aliphatic hydroxyl groups is 1. The SMILES string of the molecule is CCOc1ccc(/C(O)=C2/C(=O)C(=O)N(c3cc(F)ccc3F)C2c2cccs2)cc1C. The summed E-state index contributed by atoms with van der Waals surface area (Å²) in [6, 6.07) is 9.85. The largest absolute Gasteiger partial charge is 0.507 e. The van der Waals surface area contributed by atoms with Crippen LogP contribution in [-0.2, 0) is 9.59 Å². The van der Waals surface area contributed by atoms with E-state index < -0.39 is 35.1 Å². The van der Waals surface area contributed by atoms with Crippen molar-refractivity contribution in [2.24, 2.45) is 0 Å². The first kappa shape index (κ1) is 21.7. The van der Waals surface area contributed by atoms with Crippen LogP contribution in [0.4, 0.5) is 14.5 Å². The molecule has 1 unspecified atom stereocenters. The molecule has 4 rings (SSSR count). The van der Waals surface area contributed by atoms with Crippen LogP contribution in [0.5, 0.6) is 5.75 Å². The maximum atomic E-state index is 14.6. The van der Waals surface area contributed by atoms with E-state index in [4.69, 9.17) is 4.74 Å². The topological polar surface area (TPSA) is 66.8 Å². The average Bonchev–Trinajstić information content (AvgIpc) is 3.38. The normalized spacial score (nSPS) is 17.8. The Morgan fingerprint density at radius 1 is 1.16 bits per heavy atom. The van der Waals surface area contributed by atoms with Crippen LogP contribution in [0.25, 0.3) is 5.76 Å². The molecule has 3 aromatic rings. The molecule has 2 aromatic carbocycles. The van der Waals surface area contributed by atoms with Crippen LogP contribution in [0, 0.1) is 18.6 Å². The number of halogens is 2. The average molecular weight is 455 g/mol. The third kappa shape index (κ3) is 3.67. The molecular weight excluding hydrogens is 436 g/mol. The Bertz CT molecular complexity index is 1240. The van der Waals surface area contributed by atoms with Gasteiger partial charge in [0.05, 0.1) is 17.9 Å². The van der Waals surface area contributed by atoms with Gasteiger partial charge in [-0.25, -0.2) is 8.78 Å². The predicted octanol–water partition coefficient (Wildman–Crippen LogP) is 5.36. The highest BCUT2D eigenvalue weighted by Crippen LogP contribution is 2.44. The molecule has 1 aliphatic heterocycles. The summed E-state index contributed by atoms with van der Waals surface area (Å²) in [5.41, 5.74) is 0.483. The molecular formula is C24H19F2NO4S. The van der Waals surface area contributed by atoms with E-state index in [1.54, 1.807) is 42.6 Å². The number of carbonyl (C=O) groups is 2. The van der Waals surface area contributed by atoms with Crippen LogP contribution in [-0.4, -0.2) is 23.4 Å². The summed E-state index contributed by atoms with van der Waals surface area (Å²) in [7, 11) is 0. The van der Waals surface area contributed by atoms with Crippen molar-refractivity contribution >= 4 is 34.5 Å². The number of aryl methyl sites for hydroxylation is 1. The standard InChI is InChI=1S/C24H19F2NO4S/c1-3-31-18-9-6-14(11-13(18)2)22(28)20-21(19-5-4-10-32-19)27(24(30)23(20)29)17-12-15(25)7-8-16(17)26/h4-12,21,28H,3H2,1-2H3/b22-20-. The van der Waals surface area contributed by atoms with E-state index in [1.165, 1.54) is 11.3 Å². The molecule has 5 nitrogen and oxygen atoms in total. The summed E-state index contributed by atoms with van der Waals surface area (Å²) in [6.45, 7) is 4.11. The van der Waals surface area contributed by atoms with Gasteiger partial charge in [-0.2, -0.15) is 0 Å². The number of thiophene rings is 1. The molecule has 1 fully saturated rings. The zero-order valence-corrected chi connectivity index (χ0v) is 18.1. The second kappa shape index (κ2) is 8.55. The first-order valence-electron chi connectivity index (χ1n) is 9.86. The lowest BCUT2D eigenvalue weighted by Crippen LogP contribution is -2.30. The summed E-state index contributed by atoms with van der Waals surface area (Å²) >= 11 is 1.23. The molecule has 0 saturated carbocycles. The van der Waals surface area contributed by atoms with Crippen LogP contribution in [0.3, 0.4) is 0 Å². The van der Waals surface area contributed by atoms with Crippen molar-refractivity contribution in [3.63, 3.8) is 0 Å². The van der Waals surface area contributed by atoms with Crippen molar-refractivity contribution in [3.8, 4) is 5.75 Å². The van der Waals surface area contributed by atoms with E-state index in [2.05, 4.69) is 0 Å². The van der Waals surface area contributed by atoms with Gasteiger partial charge in [-0.1, -0.05) is 6.07 Å². The van der Waals surface area contributed by atoms with Gasteiger partial charge < -0.3 is 9.84 Å². The lowest BCUT2D eigenvalue weighted by molar-refractivity contribution is -0.132. The number of nitrogens with zero attached hydrogens (tertiary/aromatic N) is 1. The van der Waals surface area contributed by atoms with Gasteiger partial charge in [0, 0.05) is 16.5 Å². The second-order valence-corrected chi connectivity index (χ2v) is 8.17. The van der Waals surface area contributed by atoms with Gasteiger partial charge in [0.2, 0.25) is 0 Å². The molecule has 1 saturated heterocycles. The van der Waals surface area contributed by atoms with E-state index in [1.807, 2.05) is 6.92 Å². The van der Waals surface area contributed by atoms with Crippen LogP contribution < -0.4 is 9.64 Å². The molecule has 1 aromatic heterocycles. The summed E-state index contributed by atoms with van der Waals surface area (Å²) in [5.74, 6) is -3.40. The molecule has 0 spiro atoms. The molecule has 1 aliphatic rings. The fourth-order valence-corrected chi connectivity index (χ4v) is 4.56. The van der Waals surface area contributed by atoms with Gasteiger partial charge in [-0.3, -0.25) is 14.5 Å². The number of Topliss-reactive ketones (excluding diaryl/α,β-unsaturated/α-hetero) is 1. The fourth-order valence-electron chi connectivity index (χ4n) is 3.74. The fraction of sp³-hybridized carbons (Fsp3) is 0.167. The number of ketones is 1. The van der Waals surface area contributed by atoms with Gasteiger partial charge >= 0.3 is 0 Å². The number of carbonyl (C=O) groups excluding carboxylic acids is 2.